The number of aryl methyl sites for hydroxylation is 1. The molecule has 0 aliphatic rings. The Morgan fingerprint density at radius 3 is 2.50 bits per heavy atom. The Kier molecular flexibility index (Phi) is 6.69. The topological polar surface area (TPSA) is 88.5 Å². The normalized spacial score (nSPS) is 11.6. The minimum atomic E-state index is -1.01. The van der Waals surface area contributed by atoms with Gasteiger partial charge in [-0.3, -0.25) is 9.59 Å². The Bertz CT molecular complexity index is 1070. The van der Waals surface area contributed by atoms with E-state index in [9.17, 15) is 14.7 Å². The predicted molar refractivity (Wildman–Crippen MR) is 115 cm³/mol. The number of rotatable bonds is 7. The van der Waals surface area contributed by atoms with Crippen LogP contribution in [0.2, 0.25) is 5.02 Å². The Morgan fingerprint density at radius 1 is 1.13 bits per heavy atom. The van der Waals surface area contributed by atoms with Crippen LogP contribution in [0.4, 0.5) is 0 Å². The van der Waals surface area contributed by atoms with E-state index in [0.29, 0.717) is 27.6 Å². The van der Waals surface area contributed by atoms with Crippen LogP contribution in [0.3, 0.4) is 0 Å². The third kappa shape index (κ3) is 5.15. The van der Waals surface area contributed by atoms with Crippen molar-refractivity contribution in [1.82, 2.24) is 10.3 Å². The lowest BCUT2D eigenvalue weighted by atomic mass is 10.0. The summed E-state index contributed by atoms with van der Waals surface area (Å²) >= 11 is 6.09. The molecule has 154 valence electrons. The van der Waals surface area contributed by atoms with Crippen molar-refractivity contribution < 1.29 is 19.4 Å². The summed E-state index contributed by atoms with van der Waals surface area (Å²) in [6, 6.07) is 16.9. The third-order valence-electron chi connectivity index (χ3n) is 4.57. The number of nitrogens with one attached hydrogen (secondary N) is 1. The van der Waals surface area contributed by atoms with E-state index in [1.54, 1.807) is 24.3 Å². The highest BCUT2D eigenvalue weighted by atomic mass is 35.5. The first kappa shape index (κ1) is 21.3. The van der Waals surface area contributed by atoms with Crippen molar-refractivity contribution in [2.24, 2.45) is 0 Å². The van der Waals surface area contributed by atoms with Crippen LogP contribution in [0.1, 0.15) is 34.1 Å². The van der Waals surface area contributed by atoms with Gasteiger partial charge in [-0.2, -0.15) is 0 Å². The lowest BCUT2D eigenvalue weighted by Gasteiger charge is -2.18. The lowest BCUT2D eigenvalue weighted by Crippen LogP contribution is -2.30. The van der Waals surface area contributed by atoms with Crippen LogP contribution in [0.15, 0.2) is 60.7 Å². The Morgan fingerprint density at radius 2 is 1.87 bits per heavy atom. The zero-order valence-electron chi connectivity index (χ0n) is 16.6. The third-order valence-corrected chi connectivity index (χ3v) is 4.81. The fourth-order valence-electron chi connectivity index (χ4n) is 3.04. The Hall–Kier alpha value is -3.38. The van der Waals surface area contributed by atoms with Gasteiger partial charge in [-0.15, -0.1) is 0 Å². The maximum atomic E-state index is 12.9. The molecular weight excluding hydrogens is 404 g/mol. The van der Waals surface area contributed by atoms with E-state index in [4.69, 9.17) is 16.3 Å². The van der Waals surface area contributed by atoms with E-state index >= 15 is 0 Å². The second kappa shape index (κ2) is 9.41. The summed E-state index contributed by atoms with van der Waals surface area (Å²) in [6.07, 6.45) is -0.244. The average molecular weight is 425 g/mol. The van der Waals surface area contributed by atoms with E-state index in [1.807, 2.05) is 37.3 Å². The summed E-state index contributed by atoms with van der Waals surface area (Å²) in [6.45, 7) is 1.94. The number of hydrogen-bond acceptors (Lipinski definition) is 4. The molecule has 0 saturated carbocycles. The number of carbonyl (C=O) groups is 2. The number of nitrogens with zero attached hydrogens (tertiary/aromatic N) is 1. The van der Waals surface area contributed by atoms with Gasteiger partial charge in [0.05, 0.1) is 19.6 Å². The molecule has 0 saturated heterocycles. The summed E-state index contributed by atoms with van der Waals surface area (Å²) in [4.78, 5) is 28.7. The molecule has 0 aliphatic heterocycles. The maximum absolute atomic E-state index is 12.9. The predicted octanol–water partition coefficient (Wildman–Crippen LogP) is 4.66. The van der Waals surface area contributed by atoms with E-state index in [2.05, 4.69) is 10.3 Å². The van der Waals surface area contributed by atoms with E-state index in [1.165, 1.54) is 13.2 Å². The molecule has 3 rings (SSSR count). The van der Waals surface area contributed by atoms with Crippen LogP contribution >= 0.6 is 11.6 Å². The van der Waals surface area contributed by atoms with Crippen LogP contribution < -0.4 is 10.1 Å². The van der Waals surface area contributed by atoms with Gasteiger partial charge in [-0.05, 0) is 36.8 Å². The van der Waals surface area contributed by atoms with Crippen molar-refractivity contribution in [1.29, 1.82) is 0 Å². The Balaban J connectivity index is 1.92. The smallest absolute Gasteiger partial charge is 0.305 e. The van der Waals surface area contributed by atoms with Crippen molar-refractivity contribution >= 4 is 23.5 Å². The highest BCUT2D eigenvalue weighted by molar-refractivity contribution is 6.30. The second-order valence-electron chi connectivity index (χ2n) is 6.79. The number of hydrogen-bond donors (Lipinski definition) is 2. The number of ether oxygens (including phenoxy) is 1. The number of halogens is 1. The number of methoxy groups -OCH3 is 1. The van der Waals surface area contributed by atoms with Crippen LogP contribution in [-0.4, -0.2) is 29.1 Å². The number of carboxylic acids is 1. The first-order valence-electron chi connectivity index (χ1n) is 9.27. The van der Waals surface area contributed by atoms with Gasteiger partial charge < -0.3 is 15.2 Å². The zero-order valence-corrected chi connectivity index (χ0v) is 17.3. The highest BCUT2D eigenvalue weighted by Crippen LogP contribution is 2.30. The maximum Gasteiger partial charge on any atom is 0.305 e. The molecule has 3 aromatic rings. The molecule has 1 unspecified atom stereocenters. The van der Waals surface area contributed by atoms with Crippen molar-refractivity contribution in [3.63, 3.8) is 0 Å². The van der Waals surface area contributed by atoms with Gasteiger partial charge in [0.1, 0.15) is 17.1 Å². The quantitative estimate of drug-likeness (QED) is 0.575. The van der Waals surface area contributed by atoms with Crippen molar-refractivity contribution in [3.8, 4) is 17.0 Å². The van der Waals surface area contributed by atoms with Crippen molar-refractivity contribution in [2.75, 3.05) is 7.11 Å². The molecule has 6 nitrogen and oxygen atoms in total. The number of carboxylic acid groups (broad SMARTS) is 1. The van der Waals surface area contributed by atoms with Gasteiger partial charge in [0.15, 0.2) is 0 Å². The first-order chi connectivity index (χ1) is 14.4. The van der Waals surface area contributed by atoms with E-state index in [0.717, 1.165) is 5.56 Å². The average Bonchev–Trinajstić information content (AvgIpc) is 2.73. The summed E-state index contributed by atoms with van der Waals surface area (Å²) in [5, 5.41) is 12.6. The van der Waals surface area contributed by atoms with Crippen molar-refractivity contribution in [3.05, 3.63) is 82.5 Å². The molecule has 7 heteroatoms. The standard InChI is InChI=1S/C23H21ClN2O4/c1-14-6-8-15(9-7-14)19(13-21(27)28)26-23(29)18-10-11-20(30-2)22(25-18)16-4-3-5-17(24)12-16/h3-12,19H,13H2,1-2H3,(H,26,29)(H,27,28). The number of benzene rings is 2. The molecule has 1 heterocycles. The van der Waals surface area contributed by atoms with Crippen LogP contribution in [0, 0.1) is 6.92 Å². The highest BCUT2D eigenvalue weighted by Gasteiger charge is 2.21. The SMILES string of the molecule is COc1ccc(C(=O)NC(CC(=O)O)c2ccc(C)cc2)nc1-c1cccc(Cl)c1. The van der Waals surface area contributed by atoms with Crippen LogP contribution in [0.25, 0.3) is 11.3 Å². The molecule has 0 spiro atoms. The second-order valence-corrected chi connectivity index (χ2v) is 7.23. The van der Waals surface area contributed by atoms with Gasteiger partial charge in [-0.25, -0.2) is 4.98 Å². The molecule has 1 aromatic heterocycles. The summed E-state index contributed by atoms with van der Waals surface area (Å²) < 4.78 is 5.37. The van der Waals surface area contributed by atoms with E-state index in [-0.39, 0.29) is 12.1 Å². The fraction of sp³-hybridized carbons (Fsp3) is 0.174. The first-order valence-corrected chi connectivity index (χ1v) is 9.65. The van der Waals surface area contributed by atoms with Crippen LogP contribution in [0.5, 0.6) is 5.75 Å². The number of amides is 1. The molecule has 0 aliphatic carbocycles. The molecule has 1 atom stereocenters. The minimum Gasteiger partial charge on any atom is -0.494 e. The van der Waals surface area contributed by atoms with Gasteiger partial charge in [0.2, 0.25) is 0 Å². The zero-order chi connectivity index (χ0) is 21.7. The van der Waals surface area contributed by atoms with E-state index < -0.39 is 17.9 Å². The monoisotopic (exact) mass is 424 g/mol. The summed E-state index contributed by atoms with van der Waals surface area (Å²) in [5.74, 6) is -0.995. The fourth-order valence-corrected chi connectivity index (χ4v) is 3.23. The Labute approximate surface area is 179 Å². The number of aromatic nitrogens is 1. The van der Waals surface area contributed by atoms with Crippen molar-refractivity contribution in [2.45, 2.75) is 19.4 Å². The molecule has 0 bridgehead atoms. The molecule has 0 fully saturated rings. The van der Waals surface area contributed by atoms with Gasteiger partial charge in [0.25, 0.3) is 5.91 Å². The molecule has 2 aromatic carbocycles. The molecule has 1 amide bonds. The number of carbonyl (C=O) groups excluding carboxylic acids is 1. The summed E-state index contributed by atoms with van der Waals surface area (Å²) in [5.41, 5.74) is 3.07. The lowest BCUT2D eigenvalue weighted by molar-refractivity contribution is -0.137. The van der Waals surface area contributed by atoms with Gasteiger partial charge >= 0.3 is 5.97 Å². The molecular formula is C23H21ClN2O4. The molecule has 0 radical (unpaired) electrons. The summed E-state index contributed by atoms with van der Waals surface area (Å²) in [7, 11) is 1.52. The van der Waals surface area contributed by atoms with Crippen LogP contribution in [-0.2, 0) is 4.79 Å². The number of pyridine rings is 1. The molecule has 2 N–H and O–H groups in total. The van der Waals surface area contributed by atoms with Gasteiger partial charge in [0, 0.05) is 10.6 Å². The largest absolute Gasteiger partial charge is 0.494 e. The number of aliphatic carboxylic acids is 1. The minimum absolute atomic E-state index is 0.147. The molecule has 30 heavy (non-hydrogen) atoms. The van der Waals surface area contributed by atoms with Gasteiger partial charge in [-0.1, -0.05) is 53.6 Å².